The number of hydrogen-bond donors (Lipinski definition) is 1. The van der Waals surface area contributed by atoms with E-state index in [1.54, 1.807) is 10.7 Å². The third-order valence-corrected chi connectivity index (χ3v) is 2.94. The number of carbonyl (C=O) groups excluding carboxylic acids is 1. The molecule has 0 unspecified atom stereocenters. The largest absolute Gasteiger partial charge is 0.397 e. The van der Waals surface area contributed by atoms with Crippen LogP contribution in [0.3, 0.4) is 0 Å². The first-order valence-corrected chi connectivity index (χ1v) is 6.18. The monoisotopic (exact) mass is 294 g/mol. The molecule has 0 aliphatic heterocycles. The van der Waals surface area contributed by atoms with Crippen LogP contribution in [0.5, 0.6) is 0 Å². The standard InChI is InChI=1S/C11H11BrN4O/c12-7-9-11(5-6-17)16(15-14-9)10-4-2-1-3-8(10)13/h1-4,6H,5,7,13H2. The lowest BCUT2D eigenvalue weighted by Crippen LogP contribution is -2.06. The fourth-order valence-electron chi connectivity index (χ4n) is 1.59. The van der Waals surface area contributed by atoms with Crippen molar-refractivity contribution in [3.8, 4) is 5.69 Å². The lowest BCUT2D eigenvalue weighted by Gasteiger charge is -2.07. The zero-order valence-electron chi connectivity index (χ0n) is 9.01. The van der Waals surface area contributed by atoms with Crippen LogP contribution in [-0.4, -0.2) is 21.3 Å². The average molecular weight is 295 g/mol. The molecule has 1 heterocycles. The molecule has 88 valence electrons. The summed E-state index contributed by atoms with van der Waals surface area (Å²) in [6.45, 7) is 0. The number of para-hydroxylation sites is 2. The van der Waals surface area contributed by atoms with Crippen LogP contribution >= 0.6 is 15.9 Å². The van der Waals surface area contributed by atoms with Gasteiger partial charge in [-0.05, 0) is 12.1 Å². The second-order valence-corrected chi connectivity index (χ2v) is 4.02. The summed E-state index contributed by atoms with van der Waals surface area (Å²) >= 11 is 3.32. The molecule has 0 saturated carbocycles. The van der Waals surface area contributed by atoms with E-state index >= 15 is 0 Å². The van der Waals surface area contributed by atoms with Crippen molar-refractivity contribution in [1.82, 2.24) is 15.0 Å². The number of benzene rings is 1. The van der Waals surface area contributed by atoms with Crippen molar-refractivity contribution in [3.05, 3.63) is 35.7 Å². The molecule has 0 aliphatic carbocycles. The van der Waals surface area contributed by atoms with Gasteiger partial charge < -0.3 is 10.5 Å². The normalized spacial score (nSPS) is 10.4. The molecule has 0 bridgehead atoms. The molecule has 1 aromatic carbocycles. The van der Waals surface area contributed by atoms with Gasteiger partial charge in [-0.3, -0.25) is 0 Å². The molecule has 0 radical (unpaired) electrons. The minimum atomic E-state index is 0.266. The van der Waals surface area contributed by atoms with E-state index in [0.29, 0.717) is 11.0 Å². The number of nitrogens with two attached hydrogens (primary N) is 1. The van der Waals surface area contributed by atoms with Crippen LogP contribution in [0.25, 0.3) is 5.69 Å². The summed E-state index contributed by atoms with van der Waals surface area (Å²) < 4.78 is 1.61. The van der Waals surface area contributed by atoms with Crippen molar-refractivity contribution in [2.24, 2.45) is 0 Å². The van der Waals surface area contributed by atoms with Crippen molar-refractivity contribution in [2.45, 2.75) is 11.8 Å². The fourth-order valence-corrected chi connectivity index (χ4v) is 2.03. The number of carbonyl (C=O) groups is 1. The number of hydrogen-bond acceptors (Lipinski definition) is 4. The Morgan fingerprint density at radius 3 is 2.82 bits per heavy atom. The predicted octanol–water partition coefficient (Wildman–Crippen LogP) is 1.49. The van der Waals surface area contributed by atoms with Crippen molar-refractivity contribution in [1.29, 1.82) is 0 Å². The number of aromatic nitrogens is 3. The van der Waals surface area contributed by atoms with Crippen LogP contribution in [0, 0.1) is 0 Å². The van der Waals surface area contributed by atoms with E-state index in [0.717, 1.165) is 23.4 Å². The highest BCUT2D eigenvalue weighted by atomic mass is 79.9. The Morgan fingerprint density at radius 2 is 2.18 bits per heavy atom. The van der Waals surface area contributed by atoms with E-state index in [2.05, 4.69) is 26.2 Å². The van der Waals surface area contributed by atoms with Gasteiger partial charge in [0.25, 0.3) is 0 Å². The van der Waals surface area contributed by atoms with Gasteiger partial charge in [-0.15, -0.1) is 5.10 Å². The second kappa shape index (κ2) is 5.09. The maximum absolute atomic E-state index is 10.7. The van der Waals surface area contributed by atoms with Gasteiger partial charge in [0.2, 0.25) is 0 Å². The Balaban J connectivity index is 2.55. The van der Waals surface area contributed by atoms with E-state index in [9.17, 15) is 4.79 Å². The predicted molar refractivity (Wildman–Crippen MR) is 68.2 cm³/mol. The molecule has 0 fully saturated rings. The number of alkyl halides is 1. The molecule has 0 aliphatic rings. The highest BCUT2D eigenvalue weighted by molar-refractivity contribution is 9.08. The van der Waals surface area contributed by atoms with E-state index in [4.69, 9.17) is 5.73 Å². The third-order valence-electron chi connectivity index (χ3n) is 2.41. The zero-order valence-corrected chi connectivity index (χ0v) is 10.6. The SMILES string of the molecule is Nc1ccccc1-n1nnc(CBr)c1CC=O. The molecule has 17 heavy (non-hydrogen) atoms. The van der Waals surface area contributed by atoms with Gasteiger partial charge in [-0.25, -0.2) is 4.68 Å². The maximum Gasteiger partial charge on any atom is 0.126 e. The Bertz CT molecular complexity index is 538. The van der Waals surface area contributed by atoms with Crippen molar-refractivity contribution in [3.63, 3.8) is 0 Å². The average Bonchev–Trinajstić information content (AvgIpc) is 2.73. The lowest BCUT2D eigenvalue weighted by molar-refractivity contribution is -0.107. The van der Waals surface area contributed by atoms with Crippen LogP contribution in [-0.2, 0) is 16.5 Å². The first-order valence-electron chi connectivity index (χ1n) is 5.06. The Labute approximate surface area is 107 Å². The molecule has 2 aromatic rings. The molecule has 1 aromatic heterocycles. The molecular formula is C11H11BrN4O. The van der Waals surface area contributed by atoms with Crippen molar-refractivity contribution in [2.75, 3.05) is 5.73 Å². The molecule has 5 nitrogen and oxygen atoms in total. The third kappa shape index (κ3) is 2.21. The summed E-state index contributed by atoms with van der Waals surface area (Å²) in [4.78, 5) is 10.7. The summed E-state index contributed by atoms with van der Waals surface area (Å²) in [7, 11) is 0. The van der Waals surface area contributed by atoms with Gasteiger partial charge in [-0.1, -0.05) is 33.3 Å². The summed E-state index contributed by atoms with van der Waals surface area (Å²) in [6, 6.07) is 7.35. The van der Waals surface area contributed by atoms with Gasteiger partial charge in [0.05, 0.1) is 22.8 Å². The van der Waals surface area contributed by atoms with Gasteiger partial charge in [0.1, 0.15) is 6.29 Å². The minimum Gasteiger partial charge on any atom is -0.397 e. The molecule has 2 N–H and O–H groups in total. The Morgan fingerprint density at radius 1 is 1.41 bits per heavy atom. The van der Waals surface area contributed by atoms with Crippen LogP contribution < -0.4 is 5.73 Å². The quantitative estimate of drug-likeness (QED) is 0.527. The highest BCUT2D eigenvalue weighted by Crippen LogP contribution is 2.20. The fraction of sp³-hybridized carbons (Fsp3) is 0.182. The van der Waals surface area contributed by atoms with Gasteiger partial charge in [-0.2, -0.15) is 0 Å². The summed E-state index contributed by atoms with van der Waals surface area (Å²) in [6.07, 6.45) is 1.10. The topological polar surface area (TPSA) is 73.8 Å². The van der Waals surface area contributed by atoms with Gasteiger partial charge in [0.15, 0.2) is 0 Å². The molecule has 0 amide bonds. The number of nitrogen functional groups attached to an aromatic ring is 1. The van der Waals surface area contributed by atoms with Crippen LogP contribution in [0.2, 0.25) is 0 Å². The smallest absolute Gasteiger partial charge is 0.126 e. The number of anilines is 1. The second-order valence-electron chi connectivity index (χ2n) is 3.46. The van der Waals surface area contributed by atoms with Crippen LogP contribution in [0.4, 0.5) is 5.69 Å². The summed E-state index contributed by atoms with van der Waals surface area (Å²) in [5.74, 6) is 0. The highest BCUT2D eigenvalue weighted by Gasteiger charge is 2.14. The molecule has 0 saturated heterocycles. The summed E-state index contributed by atoms with van der Waals surface area (Å²) in [5.41, 5.74) is 8.73. The molecule has 6 heteroatoms. The Hall–Kier alpha value is -1.69. The number of aldehydes is 1. The maximum atomic E-state index is 10.7. The number of halogens is 1. The van der Waals surface area contributed by atoms with Crippen molar-refractivity contribution < 1.29 is 4.79 Å². The Kier molecular flexibility index (Phi) is 3.53. The molecule has 2 rings (SSSR count). The number of nitrogens with zero attached hydrogens (tertiary/aromatic N) is 3. The van der Waals surface area contributed by atoms with E-state index in [-0.39, 0.29) is 6.42 Å². The minimum absolute atomic E-state index is 0.266. The number of rotatable bonds is 4. The van der Waals surface area contributed by atoms with E-state index in [1.807, 2.05) is 18.2 Å². The molecular weight excluding hydrogens is 284 g/mol. The molecule has 0 spiro atoms. The van der Waals surface area contributed by atoms with E-state index < -0.39 is 0 Å². The van der Waals surface area contributed by atoms with Gasteiger partial charge in [0, 0.05) is 11.8 Å². The summed E-state index contributed by atoms with van der Waals surface area (Å²) in [5, 5.41) is 8.62. The molecule has 0 atom stereocenters. The van der Waals surface area contributed by atoms with Crippen LogP contribution in [0.1, 0.15) is 11.4 Å². The van der Waals surface area contributed by atoms with E-state index in [1.165, 1.54) is 0 Å². The first-order chi connectivity index (χ1) is 8.27. The lowest BCUT2D eigenvalue weighted by atomic mass is 10.2. The first kappa shape index (κ1) is 11.8. The van der Waals surface area contributed by atoms with Gasteiger partial charge >= 0.3 is 0 Å². The van der Waals surface area contributed by atoms with Crippen LogP contribution in [0.15, 0.2) is 24.3 Å². The zero-order chi connectivity index (χ0) is 12.3. The van der Waals surface area contributed by atoms with Crippen molar-refractivity contribution >= 4 is 27.9 Å².